The van der Waals surface area contributed by atoms with Gasteiger partial charge in [0.05, 0.1) is 0 Å². The summed E-state index contributed by atoms with van der Waals surface area (Å²) < 4.78 is 0. The Kier molecular flexibility index (Phi) is 3.48. The number of hydrogen-bond donors (Lipinski definition) is 0. The zero-order chi connectivity index (χ0) is 15.8. The van der Waals surface area contributed by atoms with Gasteiger partial charge in [-0.2, -0.15) is 0 Å². The maximum atomic E-state index is 2.67. The SMILES string of the molecule is CCC1CCC2C3CC(C4CC5CCC5C4)CC3C(C)(C)C2C1. The molecule has 0 bridgehead atoms. The summed E-state index contributed by atoms with van der Waals surface area (Å²) >= 11 is 0. The molecule has 0 radical (unpaired) electrons. The van der Waals surface area contributed by atoms with Crippen molar-refractivity contribution in [3.8, 4) is 0 Å². The molecule has 0 aromatic carbocycles. The van der Waals surface area contributed by atoms with Crippen molar-refractivity contribution in [1.29, 1.82) is 0 Å². The molecule has 0 aromatic rings. The van der Waals surface area contributed by atoms with E-state index in [9.17, 15) is 0 Å². The normalized spacial score (nSPS) is 56.7. The largest absolute Gasteiger partial charge is 0.0651 e. The standard InChI is InChI=1S/C23H38/c1-4-14-5-8-19-20-12-18(17-10-15-6-7-16(15)11-17)13-22(20)23(2,3)21(19)9-14/h14-22H,4-13H2,1-3H3. The van der Waals surface area contributed by atoms with Crippen LogP contribution in [-0.2, 0) is 0 Å². The molecule has 5 saturated carbocycles. The van der Waals surface area contributed by atoms with Gasteiger partial charge in [-0.3, -0.25) is 0 Å². The van der Waals surface area contributed by atoms with Crippen LogP contribution < -0.4 is 0 Å². The lowest BCUT2D eigenvalue weighted by Crippen LogP contribution is -2.32. The van der Waals surface area contributed by atoms with Crippen LogP contribution in [0.3, 0.4) is 0 Å². The highest BCUT2D eigenvalue weighted by Gasteiger charge is 2.60. The van der Waals surface area contributed by atoms with Gasteiger partial charge >= 0.3 is 0 Å². The van der Waals surface area contributed by atoms with Crippen LogP contribution in [0.4, 0.5) is 0 Å². The fourth-order valence-corrected chi connectivity index (χ4v) is 8.64. The van der Waals surface area contributed by atoms with Gasteiger partial charge in [-0.25, -0.2) is 0 Å². The summed E-state index contributed by atoms with van der Waals surface area (Å²) in [7, 11) is 0. The lowest BCUT2D eigenvalue weighted by molar-refractivity contribution is 0.0872. The van der Waals surface area contributed by atoms with Crippen molar-refractivity contribution in [2.75, 3.05) is 0 Å². The summed E-state index contributed by atoms with van der Waals surface area (Å²) in [5, 5.41) is 0. The van der Waals surface area contributed by atoms with Gasteiger partial charge in [-0.05, 0) is 110 Å². The molecule has 5 aliphatic rings. The third-order valence-electron chi connectivity index (χ3n) is 10.2. The highest BCUT2D eigenvalue weighted by atomic mass is 14.6. The Bertz CT molecular complexity index is 451. The first kappa shape index (κ1) is 15.3. The van der Waals surface area contributed by atoms with E-state index in [1.807, 2.05) is 0 Å². The van der Waals surface area contributed by atoms with Gasteiger partial charge < -0.3 is 0 Å². The maximum Gasteiger partial charge on any atom is -0.0292 e. The minimum Gasteiger partial charge on any atom is -0.0651 e. The highest BCUT2D eigenvalue weighted by Crippen LogP contribution is 2.68. The smallest absolute Gasteiger partial charge is 0.0292 e. The predicted molar refractivity (Wildman–Crippen MR) is 97.0 cm³/mol. The lowest BCUT2D eigenvalue weighted by atomic mass is 9.64. The molecule has 0 amide bonds. The Morgan fingerprint density at radius 1 is 0.652 bits per heavy atom. The Balaban J connectivity index is 1.32. The molecular formula is C23H38. The van der Waals surface area contributed by atoms with Crippen LogP contribution in [0, 0.1) is 58.7 Å². The van der Waals surface area contributed by atoms with Crippen LogP contribution in [0.2, 0.25) is 0 Å². The monoisotopic (exact) mass is 314 g/mol. The molecule has 0 N–H and O–H groups in total. The molecule has 23 heavy (non-hydrogen) atoms. The third-order valence-corrected chi connectivity index (χ3v) is 10.2. The van der Waals surface area contributed by atoms with Crippen LogP contribution in [0.25, 0.3) is 0 Å². The molecule has 8 unspecified atom stereocenters. The molecule has 8 atom stereocenters. The molecule has 5 aliphatic carbocycles. The predicted octanol–water partition coefficient (Wildman–Crippen LogP) is 6.55. The zero-order valence-corrected chi connectivity index (χ0v) is 15.8. The second-order valence-corrected chi connectivity index (χ2v) is 11.0. The zero-order valence-electron chi connectivity index (χ0n) is 15.8. The van der Waals surface area contributed by atoms with Gasteiger partial charge in [0.1, 0.15) is 0 Å². The molecule has 0 heteroatoms. The molecule has 0 saturated heterocycles. The first-order chi connectivity index (χ1) is 11.1. The van der Waals surface area contributed by atoms with E-state index < -0.39 is 0 Å². The van der Waals surface area contributed by atoms with E-state index in [1.165, 1.54) is 18.3 Å². The van der Waals surface area contributed by atoms with E-state index >= 15 is 0 Å². The molecule has 130 valence electrons. The first-order valence-electron chi connectivity index (χ1n) is 11.1. The summed E-state index contributed by atoms with van der Waals surface area (Å²) in [6.45, 7) is 7.78. The van der Waals surface area contributed by atoms with Crippen molar-refractivity contribution < 1.29 is 0 Å². The van der Waals surface area contributed by atoms with E-state index in [4.69, 9.17) is 0 Å². The van der Waals surface area contributed by atoms with Gasteiger partial charge in [-0.15, -0.1) is 0 Å². The molecular weight excluding hydrogens is 276 g/mol. The van der Waals surface area contributed by atoms with Crippen molar-refractivity contribution in [2.24, 2.45) is 58.7 Å². The van der Waals surface area contributed by atoms with Crippen molar-refractivity contribution in [1.82, 2.24) is 0 Å². The Morgan fingerprint density at radius 3 is 1.96 bits per heavy atom. The lowest BCUT2D eigenvalue weighted by Gasteiger charge is -2.41. The second-order valence-electron chi connectivity index (χ2n) is 11.0. The maximum absolute atomic E-state index is 2.67. The summed E-state index contributed by atoms with van der Waals surface area (Å²) in [6, 6.07) is 0. The summed E-state index contributed by atoms with van der Waals surface area (Å²) in [5.74, 6) is 10.0. The van der Waals surface area contributed by atoms with Gasteiger partial charge in [0, 0.05) is 0 Å². The first-order valence-corrected chi connectivity index (χ1v) is 11.1. The van der Waals surface area contributed by atoms with E-state index in [0.29, 0.717) is 5.41 Å². The van der Waals surface area contributed by atoms with Crippen LogP contribution in [0.1, 0.15) is 85.0 Å². The minimum absolute atomic E-state index is 0.648. The summed E-state index contributed by atoms with van der Waals surface area (Å²) in [6.07, 6.45) is 15.8. The third kappa shape index (κ3) is 2.15. The molecule has 0 spiro atoms. The fourth-order valence-electron chi connectivity index (χ4n) is 8.64. The summed E-state index contributed by atoms with van der Waals surface area (Å²) in [4.78, 5) is 0. The molecule has 5 rings (SSSR count). The fraction of sp³-hybridized carbons (Fsp3) is 1.00. The van der Waals surface area contributed by atoms with E-state index in [0.717, 1.165) is 41.4 Å². The van der Waals surface area contributed by atoms with Crippen LogP contribution in [-0.4, -0.2) is 0 Å². The van der Waals surface area contributed by atoms with E-state index in [2.05, 4.69) is 20.8 Å². The Morgan fingerprint density at radius 2 is 1.30 bits per heavy atom. The average molecular weight is 315 g/mol. The van der Waals surface area contributed by atoms with Gasteiger partial charge in [-0.1, -0.05) is 33.6 Å². The minimum atomic E-state index is 0.648. The Hall–Kier alpha value is 0. The highest BCUT2D eigenvalue weighted by molar-refractivity contribution is 5.09. The topological polar surface area (TPSA) is 0 Å². The van der Waals surface area contributed by atoms with E-state index in [-0.39, 0.29) is 0 Å². The van der Waals surface area contributed by atoms with Crippen molar-refractivity contribution >= 4 is 0 Å². The average Bonchev–Trinajstić information content (AvgIpc) is 3.14. The molecule has 0 nitrogen and oxygen atoms in total. The van der Waals surface area contributed by atoms with Gasteiger partial charge in [0.2, 0.25) is 0 Å². The summed E-state index contributed by atoms with van der Waals surface area (Å²) in [5.41, 5.74) is 0.648. The number of rotatable bonds is 2. The Labute approximate surface area is 144 Å². The number of hydrogen-bond acceptors (Lipinski definition) is 0. The quantitative estimate of drug-likeness (QED) is 0.542. The molecule has 0 heterocycles. The van der Waals surface area contributed by atoms with E-state index in [1.54, 1.807) is 57.8 Å². The van der Waals surface area contributed by atoms with Crippen molar-refractivity contribution in [3.05, 3.63) is 0 Å². The van der Waals surface area contributed by atoms with Crippen LogP contribution >= 0.6 is 0 Å². The van der Waals surface area contributed by atoms with Crippen molar-refractivity contribution in [3.63, 3.8) is 0 Å². The van der Waals surface area contributed by atoms with Crippen LogP contribution in [0.5, 0.6) is 0 Å². The second kappa shape index (κ2) is 5.25. The molecule has 0 aromatic heterocycles. The van der Waals surface area contributed by atoms with Gasteiger partial charge in [0.25, 0.3) is 0 Å². The van der Waals surface area contributed by atoms with Gasteiger partial charge in [0.15, 0.2) is 0 Å². The molecule has 0 aliphatic heterocycles. The number of fused-ring (bicyclic) bond motifs is 4. The van der Waals surface area contributed by atoms with Crippen LogP contribution in [0.15, 0.2) is 0 Å². The van der Waals surface area contributed by atoms with Crippen molar-refractivity contribution in [2.45, 2.75) is 85.0 Å². The molecule has 5 fully saturated rings.